The molecular weight excluding hydrogens is 294 g/mol. The molecule has 21 heavy (non-hydrogen) atoms. The van der Waals surface area contributed by atoms with Gasteiger partial charge in [0.2, 0.25) is 0 Å². The molecule has 0 spiro atoms. The van der Waals surface area contributed by atoms with Crippen molar-refractivity contribution in [2.24, 2.45) is 0 Å². The number of hydrogen-bond acceptors (Lipinski definition) is 5. The second kappa shape index (κ2) is 11.8. The molecule has 6 heteroatoms. The molecule has 0 bridgehead atoms. The van der Waals surface area contributed by atoms with E-state index in [0.29, 0.717) is 13.2 Å². The summed E-state index contributed by atoms with van der Waals surface area (Å²) in [4.78, 5) is 23.7. The van der Waals surface area contributed by atoms with Gasteiger partial charge in [0.1, 0.15) is 12.1 Å². The van der Waals surface area contributed by atoms with Crippen LogP contribution in [-0.4, -0.2) is 37.2 Å². The Balaban J connectivity index is 0.00000400. The highest BCUT2D eigenvalue weighted by Gasteiger charge is 2.31. The molecule has 1 fully saturated rings. The average molecular weight is 322 g/mol. The molecule has 0 amide bonds. The minimum absolute atomic E-state index is 0. The van der Waals surface area contributed by atoms with Crippen LogP contribution in [0.25, 0.3) is 0 Å². The van der Waals surface area contributed by atoms with Crippen molar-refractivity contribution in [3.8, 4) is 0 Å². The molecule has 124 valence electrons. The number of rotatable bonds is 8. The van der Waals surface area contributed by atoms with Gasteiger partial charge in [-0.2, -0.15) is 0 Å². The summed E-state index contributed by atoms with van der Waals surface area (Å²) in [5.74, 6) is -0.492. The number of halogens is 1. The highest BCUT2D eigenvalue weighted by atomic mass is 35.5. The van der Waals surface area contributed by atoms with Crippen LogP contribution in [0.3, 0.4) is 0 Å². The molecule has 1 rings (SSSR count). The topological polar surface area (TPSA) is 64.6 Å². The molecule has 2 unspecified atom stereocenters. The van der Waals surface area contributed by atoms with Crippen molar-refractivity contribution < 1.29 is 19.1 Å². The third-order valence-corrected chi connectivity index (χ3v) is 3.44. The van der Waals surface area contributed by atoms with Crippen molar-refractivity contribution in [1.82, 2.24) is 5.32 Å². The van der Waals surface area contributed by atoms with E-state index < -0.39 is 0 Å². The Hall–Kier alpha value is -0.810. The summed E-state index contributed by atoms with van der Waals surface area (Å²) in [6.07, 6.45) is 6.04. The fourth-order valence-electron chi connectivity index (χ4n) is 2.14. The first-order valence-corrected chi connectivity index (χ1v) is 7.78. The summed E-state index contributed by atoms with van der Waals surface area (Å²) in [5, 5.41) is 3.06. The lowest BCUT2D eigenvalue weighted by molar-refractivity contribution is -0.151. The zero-order valence-electron chi connectivity index (χ0n) is 13.1. The summed E-state index contributed by atoms with van der Waals surface area (Å²) in [6.45, 7) is 5.02. The van der Waals surface area contributed by atoms with Gasteiger partial charge in [0, 0.05) is 0 Å². The van der Waals surface area contributed by atoms with E-state index in [0.717, 1.165) is 44.9 Å². The lowest BCUT2D eigenvalue weighted by Gasteiger charge is -2.28. The van der Waals surface area contributed by atoms with Gasteiger partial charge >= 0.3 is 11.9 Å². The SMILES string of the molecule is CCCCOC(=O)C1CCCC(C(=O)OCCCC)N1.Cl. The Morgan fingerprint density at radius 3 is 1.76 bits per heavy atom. The van der Waals surface area contributed by atoms with Crippen LogP contribution in [0.15, 0.2) is 0 Å². The third kappa shape index (κ3) is 7.67. The predicted molar refractivity (Wildman–Crippen MR) is 83.5 cm³/mol. The summed E-state index contributed by atoms with van der Waals surface area (Å²) < 4.78 is 10.4. The van der Waals surface area contributed by atoms with E-state index in [2.05, 4.69) is 19.2 Å². The van der Waals surface area contributed by atoms with Gasteiger partial charge < -0.3 is 9.47 Å². The Morgan fingerprint density at radius 2 is 1.38 bits per heavy atom. The minimum atomic E-state index is -0.371. The molecule has 2 atom stereocenters. The summed E-state index contributed by atoms with van der Waals surface area (Å²) in [6, 6.07) is -0.742. The Kier molecular flexibility index (Phi) is 11.4. The summed E-state index contributed by atoms with van der Waals surface area (Å²) in [7, 11) is 0. The zero-order chi connectivity index (χ0) is 14.8. The second-order valence-electron chi connectivity index (χ2n) is 5.24. The van der Waals surface area contributed by atoms with E-state index in [9.17, 15) is 9.59 Å². The van der Waals surface area contributed by atoms with Gasteiger partial charge in [-0.05, 0) is 32.1 Å². The fourth-order valence-corrected chi connectivity index (χ4v) is 2.14. The van der Waals surface area contributed by atoms with Crippen molar-refractivity contribution >= 4 is 24.3 Å². The molecule has 0 aliphatic carbocycles. The molecule has 1 aliphatic heterocycles. The first kappa shape index (κ1) is 20.2. The molecule has 0 saturated carbocycles. The second-order valence-corrected chi connectivity index (χ2v) is 5.24. The highest BCUT2D eigenvalue weighted by molar-refractivity contribution is 5.85. The number of nitrogens with one attached hydrogen (secondary N) is 1. The lowest BCUT2D eigenvalue weighted by atomic mass is 9.98. The summed E-state index contributed by atoms with van der Waals surface area (Å²) >= 11 is 0. The van der Waals surface area contributed by atoms with Gasteiger partial charge in [-0.3, -0.25) is 14.9 Å². The lowest BCUT2D eigenvalue weighted by Crippen LogP contribution is -2.51. The smallest absolute Gasteiger partial charge is 0.323 e. The molecule has 5 nitrogen and oxygen atoms in total. The standard InChI is InChI=1S/C15H27NO4.ClH/c1-3-5-10-19-14(17)12-8-7-9-13(16-12)15(18)20-11-6-4-2;/h12-13,16H,3-11H2,1-2H3;1H. The van der Waals surface area contributed by atoms with E-state index in [1.54, 1.807) is 0 Å². The normalized spacial score (nSPS) is 21.2. The highest BCUT2D eigenvalue weighted by Crippen LogP contribution is 2.15. The predicted octanol–water partition coefficient (Wildman–Crippen LogP) is 2.61. The maximum Gasteiger partial charge on any atom is 0.323 e. The maximum absolute atomic E-state index is 11.9. The minimum Gasteiger partial charge on any atom is -0.465 e. The van der Waals surface area contributed by atoms with Crippen LogP contribution in [0, 0.1) is 0 Å². The van der Waals surface area contributed by atoms with Gasteiger partial charge in [-0.15, -0.1) is 12.4 Å². The molecule has 1 aliphatic rings. The molecular formula is C15H28ClNO4. The largest absolute Gasteiger partial charge is 0.465 e. The van der Waals surface area contributed by atoms with E-state index >= 15 is 0 Å². The Morgan fingerprint density at radius 1 is 0.952 bits per heavy atom. The van der Waals surface area contributed by atoms with Crippen LogP contribution >= 0.6 is 12.4 Å². The number of carbonyl (C=O) groups excluding carboxylic acids is 2. The Bertz CT molecular complexity index is 284. The third-order valence-electron chi connectivity index (χ3n) is 3.44. The molecule has 1 saturated heterocycles. The van der Waals surface area contributed by atoms with Crippen molar-refractivity contribution in [2.75, 3.05) is 13.2 Å². The molecule has 0 aromatic carbocycles. The van der Waals surface area contributed by atoms with Crippen LogP contribution in [0.4, 0.5) is 0 Å². The number of piperidine rings is 1. The molecule has 1 heterocycles. The molecule has 0 aromatic rings. The summed E-state index contributed by atoms with van der Waals surface area (Å²) in [5.41, 5.74) is 0. The Labute approximate surface area is 133 Å². The van der Waals surface area contributed by atoms with E-state index in [1.807, 2.05) is 0 Å². The van der Waals surface area contributed by atoms with E-state index in [1.165, 1.54) is 0 Å². The number of ether oxygens (including phenoxy) is 2. The zero-order valence-corrected chi connectivity index (χ0v) is 13.9. The van der Waals surface area contributed by atoms with Crippen LogP contribution in [0.2, 0.25) is 0 Å². The van der Waals surface area contributed by atoms with Gasteiger partial charge in [0.25, 0.3) is 0 Å². The van der Waals surface area contributed by atoms with Crippen LogP contribution < -0.4 is 5.32 Å². The molecule has 0 radical (unpaired) electrons. The quantitative estimate of drug-likeness (QED) is 0.550. The van der Waals surface area contributed by atoms with Crippen LogP contribution in [0.1, 0.15) is 58.8 Å². The van der Waals surface area contributed by atoms with E-state index in [-0.39, 0.29) is 36.4 Å². The first-order chi connectivity index (χ1) is 9.69. The number of hydrogen-bond donors (Lipinski definition) is 1. The van der Waals surface area contributed by atoms with Gasteiger partial charge in [-0.25, -0.2) is 0 Å². The first-order valence-electron chi connectivity index (χ1n) is 7.78. The molecule has 0 aromatic heterocycles. The fraction of sp³-hybridized carbons (Fsp3) is 0.867. The number of esters is 2. The van der Waals surface area contributed by atoms with Crippen molar-refractivity contribution in [3.63, 3.8) is 0 Å². The van der Waals surface area contributed by atoms with Crippen LogP contribution in [-0.2, 0) is 19.1 Å². The van der Waals surface area contributed by atoms with Crippen molar-refractivity contribution in [3.05, 3.63) is 0 Å². The van der Waals surface area contributed by atoms with Gasteiger partial charge in [0.15, 0.2) is 0 Å². The van der Waals surface area contributed by atoms with Crippen LogP contribution in [0.5, 0.6) is 0 Å². The number of carbonyl (C=O) groups is 2. The van der Waals surface area contributed by atoms with Gasteiger partial charge in [-0.1, -0.05) is 26.7 Å². The van der Waals surface area contributed by atoms with E-state index in [4.69, 9.17) is 9.47 Å². The maximum atomic E-state index is 11.9. The number of unbranched alkanes of at least 4 members (excludes halogenated alkanes) is 2. The average Bonchev–Trinajstić information content (AvgIpc) is 2.47. The van der Waals surface area contributed by atoms with Crippen molar-refractivity contribution in [1.29, 1.82) is 0 Å². The van der Waals surface area contributed by atoms with Gasteiger partial charge in [0.05, 0.1) is 13.2 Å². The van der Waals surface area contributed by atoms with Crippen molar-refractivity contribution in [2.45, 2.75) is 70.9 Å². The molecule has 1 N–H and O–H groups in total. The monoisotopic (exact) mass is 321 g/mol.